The first-order valence-electron chi connectivity index (χ1n) is 6.93. The molecule has 0 saturated heterocycles. The van der Waals surface area contributed by atoms with Gasteiger partial charge in [-0.25, -0.2) is 4.98 Å². The Balaban J connectivity index is 1.80. The molecule has 0 amide bonds. The highest BCUT2D eigenvalue weighted by Gasteiger charge is 2.14. The van der Waals surface area contributed by atoms with Crippen LogP contribution in [0.3, 0.4) is 0 Å². The molecule has 0 aliphatic heterocycles. The molecule has 5 heteroatoms. The summed E-state index contributed by atoms with van der Waals surface area (Å²) in [4.78, 5) is 16.8. The van der Waals surface area contributed by atoms with E-state index in [1.807, 2.05) is 43.3 Å². The van der Waals surface area contributed by atoms with Crippen molar-refractivity contribution in [1.29, 1.82) is 0 Å². The van der Waals surface area contributed by atoms with Gasteiger partial charge in [0.1, 0.15) is 17.3 Å². The predicted octanol–water partition coefficient (Wildman–Crippen LogP) is 3.07. The zero-order valence-electron chi connectivity index (χ0n) is 12.4. The molecule has 0 radical (unpaired) electrons. The molecule has 0 aliphatic rings. The Morgan fingerprint density at radius 2 is 1.91 bits per heavy atom. The summed E-state index contributed by atoms with van der Waals surface area (Å²) in [5.74, 6) is 1.78. The third kappa shape index (κ3) is 2.65. The van der Waals surface area contributed by atoms with Gasteiger partial charge in [-0.2, -0.15) is 0 Å². The van der Waals surface area contributed by atoms with Crippen LogP contribution < -0.4 is 9.47 Å². The number of imidazole rings is 1. The van der Waals surface area contributed by atoms with Crippen LogP contribution in [-0.4, -0.2) is 29.2 Å². The molecular formula is C17H16N2O3. The van der Waals surface area contributed by atoms with Crippen molar-refractivity contribution in [3.05, 3.63) is 54.4 Å². The summed E-state index contributed by atoms with van der Waals surface area (Å²) in [6, 6.07) is 14.7. The molecule has 0 atom stereocenters. The van der Waals surface area contributed by atoms with Gasteiger partial charge >= 0.3 is 0 Å². The number of methoxy groups -OCH3 is 1. The van der Waals surface area contributed by atoms with Crippen LogP contribution in [0.2, 0.25) is 0 Å². The summed E-state index contributed by atoms with van der Waals surface area (Å²) in [6.45, 7) is 1.75. The molecule has 0 unspecified atom stereocenters. The van der Waals surface area contributed by atoms with Gasteiger partial charge in [-0.1, -0.05) is 18.2 Å². The second-order valence-electron chi connectivity index (χ2n) is 4.84. The number of aryl methyl sites for hydroxylation is 1. The van der Waals surface area contributed by atoms with Crippen molar-refractivity contribution in [2.75, 3.05) is 13.7 Å². The molecule has 3 rings (SSSR count). The van der Waals surface area contributed by atoms with E-state index in [0.717, 1.165) is 11.0 Å². The lowest BCUT2D eigenvalue weighted by Gasteiger charge is -2.09. The van der Waals surface area contributed by atoms with Crippen LogP contribution in [0.15, 0.2) is 48.5 Å². The van der Waals surface area contributed by atoms with E-state index in [1.165, 1.54) is 0 Å². The van der Waals surface area contributed by atoms with Crippen LogP contribution in [0.4, 0.5) is 0 Å². The van der Waals surface area contributed by atoms with Gasteiger partial charge in [0.05, 0.1) is 18.1 Å². The highest BCUT2D eigenvalue weighted by Crippen LogP contribution is 2.19. The zero-order chi connectivity index (χ0) is 15.5. The molecule has 1 aromatic heterocycles. The van der Waals surface area contributed by atoms with Crippen LogP contribution in [0.25, 0.3) is 11.0 Å². The fraction of sp³-hybridized carbons (Fsp3) is 0.176. The maximum Gasteiger partial charge on any atom is 0.270 e. The van der Waals surface area contributed by atoms with Crippen molar-refractivity contribution >= 4 is 16.9 Å². The molecule has 112 valence electrons. The smallest absolute Gasteiger partial charge is 0.270 e. The summed E-state index contributed by atoms with van der Waals surface area (Å²) in [5, 5.41) is 0. The summed E-state index contributed by atoms with van der Waals surface area (Å²) >= 11 is 0. The first-order chi connectivity index (χ1) is 10.7. The van der Waals surface area contributed by atoms with E-state index in [-0.39, 0.29) is 12.5 Å². The van der Waals surface area contributed by atoms with Gasteiger partial charge in [-0.15, -0.1) is 0 Å². The number of para-hydroxylation sites is 2. The first kappa shape index (κ1) is 14.1. The average Bonchev–Trinajstić information content (AvgIpc) is 2.88. The zero-order valence-corrected chi connectivity index (χ0v) is 12.4. The molecule has 1 heterocycles. The van der Waals surface area contributed by atoms with E-state index in [4.69, 9.17) is 9.47 Å². The Morgan fingerprint density at radius 3 is 2.73 bits per heavy atom. The Hall–Kier alpha value is -2.82. The van der Waals surface area contributed by atoms with Crippen LogP contribution in [-0.2, 0) is 0 Å². The standard InChI is InChI=1S/C17H16N2O3/c1-12-18-15-8-3-4-9-16(15)19(12)17(20)11-22-14-7-5-6-13(10-14)21-2/h3-10H,11H2,1-2H3. The van der Waals surface area contributed by atoms with E-state index in [9.17, 15) is 4.79 Å². The molecule has 0 N–H and O–H groups in total. The Kier molecular flexibility index (Phi) is 3.78. The monoisotopic (exact) mass is 296 g/mol. The lowest BCUT2D eigenvalue weighted by Crippen LogP contribution is -2.20. The summed E-state index contributed by atoms with van der Waals surface area (Å²) in [5.41, 5.74) is 1.59. The largest absolute Gasteiger partial charge is 0.497 e. The molecule has 3 aromatic rings. The van der Waals surface area contributed by atoms with Crippen molar-refractivity contribution < 1.29 is 14.3 Å². The number of hydrogen-bond donors (Lipinski definition) is 0. The maximum atomic E-state index is 12.4. The Morgan fingerprint density at radius 1 is 1.14 bits per heavy atom. The summed E-state index contributed by atoms with van der Waals surface area (Å²) in [7, 11) is 1.59. The van der Waals surface area contributed by atoms with Gasteiger partial charge in [0.25, 0.3) is 5.91 Å². The first-order valence-corrected chi connectivity index (χ1v) is 6.93. The average molecular weight is 296 g/mol. The second kappa shape index (κ2) is 5.89. The molecule has 5 nitrogen and oxygen atoms in total. The van der Waals surface area contributed by atoms with E-state index in [1.54, 1.807) is 23.8 Å². The number of aromatic nitrogens is 2. The number of benzene rings is 2. The Labute approximate surface area is 128 Å². The quantitative estimate of drug-likeness (QED) is 0.742. The lowest BCUT2D eigenvalue weighted by atomic mass is 10.3. The highest BCUT2D eigenvalue weighted by atomic mass is 16.5. The Bertz CT molecular complexity index is 824. The highest BCUT2D eigenvalue weighted by molar-refractivity contribution is 5.91. The van der Waals surface area contributed by atoms with Crippen LogP contribution in [0, 0.1) is 6.92 Å². The maximum absolute atomic E-state index is 12.4. The van der Waals surface area contributed by atoms with Gasteiger partial charge in [-0.3, -0.25) is 9.36 Å². The molecule has 0 spiro atoms. The van der Waals surface area contributed by atoms with E-state index in [0.29, 0.717) is 17.3 Å². The van der Waals surface area contributed by atoms with Crippen molar-refractivity contribution in [3.63, 3.8) is 0 Å². The second-order valence-corrected chi connectivity index (χ2v) is 4.84. The molecule has 22 heavy (non-hydrogen) atoms. The van der Waals surface area contributed by atoms with E-state index >= 15 is 0 Å². The molecule has 0 saturated carbocycles. The van der Waals surface area contributed by atoms with Gasteiger partial charge in [0, 0.05) is 6.07 Å². The van der Waals surface area contributed by atoms with Gasteiger partial charge in [0.2, 0.25) is 0 Å². The fourth-order valence-electron chi connectivity index (χ4n) is 2.36. The fourth-order valence-corrected chi connectivity index (χ4v) is 2.36. The third-order valence-electron chi connectivity index (χ3n) is 3.38. The number of rotatable bonds is 4. The molecule has 0 fully saturated rings. The number of hydrogen-bond acceptors (Lipinski definition) is 4. The molecular weight excluding hydrogens is 280 g/mol. The molecule has 0 bridgehead atoms. The number of nitrogens with zero attached hydrogens (tertiary/aromatic N) is 2. The number of carbonyl (C=O) groups excluding carboxylic acids is 1. The van der Waals surface area contributed by atoms with E-state index in [2.05, 4.69) is 4.98 Å². The van der Waals surface area contributed by atoms with Gasteiger partial charge in [-0.05, 0) is 31.2 Å². The lowest BCUT2D eigenvalue weighted by molar-refractivity contribution is 0.0840. The van der Waals surface area contributed by atoms with Gasteiger partial charge < -0.3 is 9.47 Å². The summed E-state index contributed by atoms with van der Waals surface area (Å²) < 4.78 is 12.3. The topological polar surface area (TPSA) is 53.4 Å². The number of ether oxygens (including phenoxy) is 2. The van der Waals surface area contributed by atoms with Crippen LogP contribution in [0.5, 0.6) is 11.5 Å². The minimum atomic E-state index is -0.158. The minimum Gasteiger partial charge on any atom is -0.497 e. The third-order valence-corrected chi connectivity index (χ3v) is 3.38. The van der Waals surface area contributed by atoms with Crippen molar-refractivity contribution in [2.45, 2.75) is 6.92 Å². The van der Waals surface area contributed by atoms with Crippen molar-refractivity contribution in [3.8, 4) is 11.5 Å². The SMILES string of the molecule is COc1cccc(OCC(=O)n2c(C)nc3ccccc32)c1. The van der Waals surface area contributed by atoms with Crippen molar-refractivity contribution in [1.82, 2.24) is 9.55 Å². The molecule has 2 aromatic carbocycles. The van der Waals surface area contributed by atoms with Crippen LogP contribution >= 0.6 is 0 Å². The summed E-state index contributed by atoms with van der Waals surface area (Å²) in [6.07, 6.45) is 0. The van der Waals surface area contributed by atoms with Crippen molar-refractivity contribution in [2.24, 2.45) is 0 Å². The molecule has 0 aliphatic carbocycles. The van der Waals surface area contributed by atoms with Crippen LogP contribution in [0.1, 0.15) is 10.6 Å². The predicted molar refractivity (Wildman–Crippen MR) is 83.6 cm³/mol. The normalized spacial score (nSPS) is 10.6. The minimum absolute atomic E-state index is 0.0611. The number of fused-ring (bicyclic) bond motifs is 1. The van der Waals surface area contributed by atoms with Gasteiger partial charge in [0.15, 0.2) is 6.61 Å². The van der Waals surface area contributed by atoms with E-state index < -0.39 is 0 Å². The number of carbonyl (C=O) groups is 1.